The second-order valence-corrected chi connectivity index (χ2v) is 8.56. The SMILES string of the molecule is NC=C(C=NC(F)F)C1=C2CC(CO)CN2C(c2nccs2)=N[C@H]1c1ccc(F)cc1Cl. The molecule has 2 aliphatic rings. The van der Waals surface area contributed by atoms with Crippen LogP contribution in [0.1, 0.15) is 23.0 Å². The minimum atomic E-state index is -2.91. The molecule has 1 saturated heterocycles. The quantitative estimate of drug-likeness (QED) is 0.479. The number of thiazole rings is 1. The first-order valence-electron chi connectivity index (χ1n) is 9.70. The third-order valence-electron chi connectivity index (χ3n) is 5.30. The van der Waals surface area contributed by atoms with Crippen LogP contribution in [-0.4, -0.2) is 46.7 Å². The second-order valence-electron chi connectivity index (χ2n) is 7.26. The number of nitrogens with zero attached hydrogens (tertiary/aromatic N) is 4. The van der Waals surface area contributed by atoms with Crippen LogP contribution < -0.4 is 5.73 Å². The van der Waals surface area contributed by atoms with Gasteiger partial charge in [-0.3, -0.25) is 4.99 Å². The van der Waals surface area contributed by atoms with Crippen molar-refractivity contribution >= 4 is 35.0 Å². The van der Waals surface area contributed by atoms with Gasteiger partial charge in [0.05, 0.1) is 0 Å². The fourth-order valence-electron chi connectivity index (χ4n) is 3.94. The number of aliphatic hydroxyl groups is 1. The van der Waals surface area contributed by atoms with Gasteiger partial charge in [0.15, 0.2) is 10.8 Å². The zero-order valence-electron chi connectivity index (χ0n) is 16.6. The van der Waals surface area contributed by atoms with Crippen LogP contribution in [-0.2, 0) is 0 Å². The molecule has 1 aromatic carbocycles. The van der Waals surface area contributed by atoms with Crippen LogP contribution in [0.4, 0.5) is 13.2 Å². The van der Waals surface area contributed by atoms with Gasteiger partial charge in [0.25, 0.3) is 0 Å². The van der Waals surface area contributed by atoms with E-state index in [9.17, 15) is 18.3 Å². The maximum absolute atomic E-state index is 13.7. The Kier molecular flexibility index (Phi) is 6.63. The smallest absolute Gasteiger partial charge is 0.331 e. The minimum Gasteiger partial charge on any atom is -0.404 e. The molecule has 2 atom stereocenters. The normalized spacial score (nSPS) is 21.6. The van der Waals surface area contributed by atoms with Crippen LogP contribution in [0.5, 0.6) is 0 Å². The van der Waals surface area contributed by atoms with Crippen molar-refractivity contribution in [3.8, 4) is 0 Å². The van der Waals surface area contributed by atoms with Crippen molar-refractivity contribution in [3.05, 3.63) is 74.2 Å². The Balaban J connectivity index is 1.94. The first-order valence-corrected chi connectivity index (χ1v) is 11.0. The summed E-state index contributed by atoms with van der Waals surface area (Å²) in [5.74, 6) is -0.0366. The number of alkyl halides is 2. The lowest BCUT2D eigenvalue weighted by atomic mass is 9.89. The van der Waals surface area contributed by atoms with Gasteiger partial charge in [0.1, 0.15) is 11.9 Å². The number of halogens is 4. The van der Waals surface area contributed by atoms with Gasteiger partial charge in [0, 0.05) is 64.9 Å². The van der Waals surface area contributed by atoms with E-state index in [1.54, 1.807) is 6.20 Å². The van der Waals surface area contributed by atoms with Crippen molar-refractivity contribution in [2.24, 2.45) is 21.6 Å². The highest BCUT2D eigenvalue weighted by molar-refractivity contribution is 7.11. The number of hydrogen-bond donors (Lipinski definition) is 2. The van der Waals surface area contributed by atoms with Crippen LogP contribution >= 0.6 is 22.9 Å². The zero-order valence-corrected chi connectivity index (χ0v) is 18.2. The predicted octanol–water partition coefficient (Wildman–Crippen LogP) is 4.14. The number of nitrogens with two attached hydrogens (primary N) is 1. The molecule has 1 unspecified atom stereocenters. The summed E-state index contributed by atoms with van der Waals surface area (Å²) >= 11 is 7.77. The van der Waals surface area contributed by atoms with Gasteiger partial charge in [-0.2, -0.15) is 8.78 Å². The third-order valence-corrected chi connectivity index (χ3v) is 6.39. The van der Waals surface area contributed by atoms with Gasteiger partial charge in [-0.15, -0.1) is 11.3 Å². The van der Waals surface area contributed by atoms with Crippen molar-refractivity contribution in [1.29, 1.82) is 0 Å². The molecule has 2 aromatic rings. The average molecular weight is 482 g/mol. The largest absolute Gasteiger partial charge is 0.404 e. The number of aliphatic imine (C=N–C) groups is 2. The van der Waals surface area contributed by atoms with Gasteiger partial charge in [-0.05, 0) is 24.1 Å². The molecule has 6 nitrogen and oxygen atoms in total. The van der Waals surface area contributed by atoms with Gasteiger partial charge >= 0.3 is 6.55 Å². The molecule has 0 amide bonds. The molecular weight excluding hydrogens is 463 g/mol. The molecule has 0 saturated carbocycles. The molecule has 32 heavy (non-hydrogen) atoms. The number of rotatable bonds is 6. The van der Waals surface area contributed by atoms with E-state index in [0.717, 1.165) is 11.9 Å². The van der Waals surface area contributed by atoms with E-state index in [-0.39, 0.29) is 23.1 Å². The Morgan fingerprint density at radius 2 is 2.25 bits per heavy atom. The van der Waals surface area contributed by atoms with E-state index in [4.69, 9.17) is 22.3 Å². The van der Waals surface area contributed by atoms with Crippen molar-refractivity contribution in [3.63, 3.8) is 0 Å². The lowest BCUT2D eigenvalue weighted by molar-refractivity contribution is 0.160. The topological polar surface area (TPSA) is 87.1 Å². The summed E-state index contributed by atoms with van der Waals surface area (Å²) in [6.45, 7) is -2.50. The predicted molar refractivity (Wildman–Crippen MR) is 118 cm³/mol. The van der Waals surface area contributed by atoms with E-state index < -0.39 is 18.4 Å². The number of aliphatic hydroxyl groups excluding tert-OH is 1. The van der Waals surface area contributed by atoms with Crippen LogP contribution in [0.3, 0.4) is 0 Å². The highest BCUT2D eigenvalue weighted by Crippen LogP contribution is 2.45. The van der Waals surface area contributed by atoms with Crippen LogP contribution in [0, 0.1) is 11.7 Å². The third kappa shape index (κ3) is 4.30. The summed E-state index contributed by atoms with van der Waals surface area (Å²) in [5, 5.41) is 12.4. The molecular formula is C21H19ClF3N5OS. The molecule has 1 aromatic heterocycles. The maximum atomic E-state index is 13.7. The molecule has 0 radical (unpaired) electrons. The first kappa shape index (κ1) is 22.5. The number of fused-ring (bicyclic) bond motifs is 1. The summed E-state index contributed by atoms with van der Waals surface area (Å²) in [5.41, 5.74) is 7.84. The monoisotopic (exact) mass is 481 g/mol. The summed E-state index contributed by atoms with van der Waals surface area (Å²) in [7, 11) is 0. The molecule has 11 heteroatoms. The molecule has 0 bridgehead atoms. The van der Waals surface area contributed by atoms with E-state index >= 15 is 0 Å². The van der Waals surface area contributed by atoms with E-state index in [0.29, 0.717) is 34.9 Å². The molecule has 168 valence electrons. The number of amidine groups is 1. The fraction of sp³-hybridized carbons (Fsp3) is 0.286. The number of hydrogen-bond acceptors (Lipinski definition) is 7. The summed E-state index contributed by atoms with van der Waals surface area (Å²) in [6.07, 6.45) is 4.31. The van der Waals surface area contributed by atoms with Gasteiger partial charge < -0.3 is 15.7 Å². The van der Waals surface area contributed by atoms with E-state index in [1.165, 1.54) is 35.7 Å². The Labute approximate surface area is 191 Å². The van der Waals surface area contributed by atoms with Gasteiger partial charge in [-0.25, -0.2) is 14.4 Å². The zero-order chi connectivity index (χ0) is 22.8. The second kappa shape index (κ2) is 9.43. The molecule has 3 N–H and O–H groups in total. The molecule has 0 spiro atoms. The van der Waals surface area contributed by atoms with Crippen LogP contribution in [0.2, 0.25) is 5.02 Å². The average Bonchev–Trinajstić information content (AvgIpc) is 3.44. The molecule has 0 aliphatic carbocycles. The Bertz CT molecular complexity index is 1120. The van der Waals surface area contributed by atoms with Gasteiger partial charge in [0.2, 0.25) is 0 Å². The Morgan fingerprint density at radius 1 is 1.44 bits per heavy atom. The summed E-state index contributed by atoms with van der Waals surface area (Å²) in [6, 6.07) is 3.19. The molecule has 3 heterocycles. The summed E-state index contributed by atoms with van der Waals surface area (Å²) in [4.78, 5) is 14.4. The number of aromatic nitrogens is 1. The molecule has 1 fully saturated rings. The van der Waals surface area contributed by atoms with Crippen molar-refractivity contribution in [2.45, 2.75) is 19.0 Å². The highest BCUT2D eigenvalue weighted by Gasteiger charge is 2.40. The van der Waals surface area contributed by atoms with E-state index in [2.05, 4.69) is 9.98 Å². The number of allylic oxidation sites excluding steroid dienone is 1. The highest BCUT2D eigenvalue weighted by atomic mass is 35.5. The van der Waals surface area contributed by atoms with Gasteiger partial charge in [-0.1, -0.05) is 17.7 Å². The minimum absolute atomic E-state index is 0.0623. The lowest BCUT2D eigenvalue weighted by Crippen LogP contribution is -2.34. The molecule has 4 rings (SSSR count). The summed E-state index contributed by atoms with van der Waals surface area (Å²) < 4.78 is 39.4. The first-order chi connectivity index (χ1) is 15.4. The van der Waals surface area contributed by atoms with Crippen molar-refractivity contribution < 1.29 is 18.3 Å². The molecule has 2 aliphatic heterocycles. The standard InChI is InChI=1S/C21H19ClF3N5OS/c22-15-6-13(23)1-2-14(15)18-17(12(7-26)8-28-21(24)25)16-5-11(10-31)9-30(16)19(29-18)20-27-3-4-32-20/h1-4,6-8,11,18,21,31H,5,9-10,26H2/t11?,18-/m0/s1. The fourth-order valence-corrected chi connectivity index (χ4v) is 4.85. The van der Waals surface area contributed by atoms with Crippen LogP contribution in [0.25, 0.3) is 0 Å². The lowest BCUT2D eigenvalue weighted by Gasteiger charge is -2.33. The Morgan fingerprint density at radius 3 is 2.88 bits per heavy atom. The van der Waals surface area contributed by atoms with E-state index in [1.807, 2.05) is 10.3 Å². The maximum Gasteiger partial charge on any atom is 0.331 e. The number of benzene rings is 1. The van der Waals surface area contributed by atoms with Crippen LogP contribution in [0.15, 0.2) is 62.8 Å². The van der Waals surface area contributed by atoms with Crippen molar-refractivity contribution in [2.75, 3.05) is 13.2 Å². The van der Waals surface area contributed by atoms with Crippen molar-refractivity contribution in [1.82, 2.24) is 9.88 Å². The Hall–Kier alpha value is -2.69.